The second kappa shape index (κ2) is 5.14. The summed E-state index contributed by atoms with van der Waals surface area (Å²) in [4.78, 5) is 15.1. The van der Waals surface area contributed by atoms with Crippen LogP contribution < -0.4 is 0 Å². The Balaban J connectivity index is 2.68. The van der Waals surface area contributed by atoms with E-state index in [2.05, 4.69) is 4.98 Å². The molecule has 1 heterocycles. The Kier molecular flexibility index (Phi) is 4.12. The van der Waals surface area contributed by atoms with Crippen LogP contribution in [0.4, 0.5) is 0 Å². The molecule has 1 rings (SSSR count). The van der Waals surface area contributed by atoms with E-state index in [-0.39, 0.29) is 18.1 Å². The lowest BCUT2D eigenvalue weighted by atomic mass is 10.3. The minimum atomic E-state index is -0.304. The molecule has 0 aliphatic rings. The maximum atomic E-state index is 11.1. The SMILES string of the molecule is CCOC(=O)Cc1ccc(O)c(I)n1. The summed E-state index contributed by atoms with van der Waals surface area (Å²) in [5, 5.41) is 9.20. The molecule has 0 bridgehead atoms. The third-order valence-corrected chi connectivity index (χ3v) is 2.31. The summed E-state index contributed by atoms with van der Waals surface area (Å²) in [5.74, 6) is -0.181. The second-order valence-corrected chi connectivity index (χ2v) is 3.62. The van der Waals surface area contributed by atoms with Crippen molar-refractivity contribution in [3.63, 3.8) is 0 Å². The van der Waals surface area contributed by atoms with Crippen LogP contribution in [0, 0.1) is 3.70 Å². The highest BCUT2D eigenvalue weighted by molar-refractivity contribution is 14.1. The highest BCUT2D eigenvalue weighted by Gasteiger charge is 2.07. The van der Waals surface area contributed by atoms with Crippen LogP contribution in [-0.4, -0.2) is 22.7 Å². The molecule has 1 N–H and O–H groups in total. The van der Waals surface area contributed by atoms with Gasteiger partial charge >= 0.3 is 5.97 Å². The van der Waals surface area contributed by atoms with Gasteiger partial charge in [0, 0.05) is 0 Å². The summed E-state index contributed by atoms with van der Waals surface area (Å²) >= 11 is 1.90. The fraction of sp³-hybridized carbons (Fsp3) is 0.333. The molecule has 4 nitrogen and oxygen atoms in total. The lowest BCUT2D eigenvalue weighted by Crippen LogP contribution is -2.08. The van der Waals surface area contributed by atoms with Gasteiger partial charge in [0.1, 0.15) is 9.45 Å². The predicted octanol–water partition coefficient (Wildman–Crippen LogP) is 1.50. The van der Waals surface area contributed by atoms with Gasteiger partial charge in [0.25, 0.3) is 0 Å². The molecular formula is C9H10INO3. The number of rotatable bonds is 3. The molecular weight excluding hydrogens is 297 g/mol. The van der Waals surface area contributed by atoms with Gasteiger partial charge in [0.15, 0.2) is 0 Å². The molecule has 0 saturated heterocycles. The zero-order valence-electron chi connectivity index (χ0n) is 7.66. The predicted molar refractivity (Wildman–Crippen MR) is 59.0 cm³/mol. The first kappa shape index (κ1) is 11.2. The van der Waals surface area contributed by atoms with Crippen LogP contribution in [0.5, 0.6) is 5.75 Å². The minimum absolute atomic E-state index is 0.123. The number of hydrogen-bond donors (Lipinski definition) is 1. The third kappa shape index (κ3) is 3.13. The van der Waals surface area contributed by atoms with E-state index in [9.17, 15) is 9.90 Å². The molecule has 0 saturated carbocycles. The van der Waals surface area contributed by atoms with Crippen molar-refractivity contribution in [2.45, 2.75) is 13.3 Å². The maximum Gasteiger partial charge on any atom is 0.311 e. The van der Waals surface area contributed by atoms with Crippen LogP contribution in [-0.2, 0) is 16.0 Å². The molecule has 0 atom stereocenters. The van der Waals surface area contributed by atoms with Crippen molar-refractivity contribution < 1.29 is 14.6 Å². The van der Waals surface area contributed by atoms with E-state index in [0.717, 1.165) is 0 Å². The molecule has 0 amide bonds. The fourth-order valence-electron chi connectivity index (χ4n) is 0.923. The number of hydrogen-bond acceptors (Lipinski definition) is 4. The lowest BCUT2D eigenvalue weighted by molar-refractivity contribution is -0.142. The number of esters is 1. The van der Waals surface area contributed by atoms with E-state index in [1.807, 2.05) is 22.6 Å². The first-order valence-electron chi connectivity index (χ1n) is 4.13. The number of halogens is 1. The summed E-state index contributed by atoms with van der Waals surface area (Å²) in [6.45, 7) is 2.12. The molecule has 5 heteroatoms. The molecule has 0 spiro atoms. The van der Waals surface area contributed by atoms with Crippen LogP contribution in [0.25, 0.3) is 0 Å². The van der Waals surface area contributed by atoms with Gasteiger partial charge in [-0.1, -0.05) is 0 Å². The standard InChI is InChI=1S/C9H10INO3/c1-2-14-8(13)5-6-3-4-7(12)9(10)11-6/h3-4,12H,2,5H2,1H3. The van der Waals surface area contributed by atoms with Gasteiger partial charge in [-0.3, -0.25) is 4.79 Å². The van der Waals surface area contributed by atoms with Crippen molar-refractivity contribution in [3.8, 4) is 5.75 Å². The van der Waals surface area contributed by atoms with Crippen molar-refractivity contribution in [1.29, 1.82) is 0 Å². The smallest absolute Gasteiger partial charge is 0.311 e. The van der Waals surface area contributed by atoms with Gasteiger partial charge in [-0.05, 0) is 41.6 Å². The number of carbonyl (C=O) groups excluding carboxylic acids is 1. The number of nitrogens with zero attached hydrogens (tertiary/aromatic N) is 1. The van der Waals surface area contributed by atoms with E-state index in [0.29, 0.717) is 16.0 Å². The molecule has 14 heavy (non-hydrogen) atoms. The van der Waals surface area contributed by atoms with Crippen molar-refractivity contribution in [1.82, 2.24) is 4.98 Å². The van der Waals surface area contributed by atoms with E-state index >= 15 is 0 Å². The zero-order chi connectivity index (χ0) is 10.6. The average Bonchev–Trinajstić information content (AvgIpc) is 2.12. The van der Waals surface area contributed by atoms with Crippen LogP contribution in [0.2, 0.25) is 0 Å². The van der Waals surface area contributed by atoms with E-state index in [1.165, 1.54) is 6.07 Å². The summed E-state index contributed by atoms with van der Waals surface area (Å²) in [6, 6.07) is 3.12. The van der Waals surface area contributed by atoms with Crippen LogP contribution in [0.15, 0.2) is 12.1 Å². The van der Waals surface area contributed by atoms with Gasteiger partial charge in [0.05, 0.1) is 18.7 Å². The van der Waals surface area contributed by atoms with E-state index < -0.39 is 0 Å². The molecule has 76 valence electrons. The first-order valence-corrected chi connectivity index (χ1v) is 5.21. The Morgan fingerprint density at radius 2 is 2.36 bits per heavy atom. The quantitative estimate of drug-likeness (QED) is 0.522. The van der Waals surface area contributed by atoms with Crippen molar-refractivity contribution in [3.05, 3.63) is 21.5 Å². The number of ether oxygens (including phenoxy) is 1. The minimum Gasteiger partial charge on any atom is -0.505 e. The van der Waals surface area contributed by atoms with Crippen molar-refractivity contribution in [2.24, 2.45) is 0 Å². The molecule has 0 aliphatic heterocycles. The Morgan fingerprint density at radius 3 is 2.93 bits per heavy atom. The molecule has 0 fully saturated rings. The summed E-state index contributed by atoms with van der Waals surface area (Å²) in [7, 11) is 0. The largest absolute Gasteiger partial charge is 0.505 e. The van der Waals surface area contributed by atoms with Crippen molar-refractivity contribution in [2.75, 3.05) is 6.61 Å². The molecule has 0 radical (unpaired) electrons. The Morgan fingerprint density at radius 1 is 1.64 bits per heavy atom. The lowest BCUT2D eigenvalue weighted by Gasteiger charge is -2.02. The Bertz CT molecular complexity index is 341. The number of carbonyl (C=O) groups is 1. The summed E-state index contributed by atoms with van der Waals surface area (Å²) in [6.07, 6.45) is 0.143. The number of aromatic nitrogens is 1. The van der Waals surface area contributed by atoms with Crippen LogP contribution in [0.1, 0.15) is 12.6 Å². The maximum absolute atomic E-state index is 11.1. The van der Waals surface area contributed by atoms with Crippen LogP contribution >= 0.6 is 22.6 Å². The summed E-state index contributed by atoms with van der Waals surface area (Å²) in [5.41, 5.74) is 0.602. The molecule has 0 aromatic carbocycles. The van der Waals surface area contributed by atoms with E-state index in [4.69, 9.17) is 4.74 Å². The highest BCUT2D eigenvalue weighted by Crippen LogP contribution is 2.16. The highest BCUT2D eigenvalue weighted by atomic mass is 127. The topological polar surface area (TPSA) is 59.4 Å². The van der Waals surface area contributed by atoms with Gasteiger partial charge in [0.2, 0.25) is 0 Å². The normalized spacial score (nSPS) is 9.86. The second-order valence-electron chi connectivity index (χ2n) is 2.59. The monoisotopic (exact) mass is 307 g/mol. The molecule has 0 unspecified atom stereocenters. The van der Waals surface area contributed by atoms with Crippen molar-refractivity contribution >= 4 is 28.6 Å². The molecule has 1 aromatic rings. The Hall–Kier alpha value is -0.850. The van der Waals surface area contributed by atoms with E-state index in [1.54, 1.807) is 13.0 Å². The zero-order valence-corrected chi connectivity index (χ0v) is 9.82. The fourth-order valence-corrected chi connectivity index (χ4v) is 1.41. The number of aromatic hydroxyl groups is 1. The summed E-state index contributed by atoms with van der Waals surface area (Å²) < 4.78 is 5.26. The molecule has 0 aliphatic carbocycles. The Labute approximate surface area is 95.4 Å². The van der Waals surface area contributed by atoms with Gasteiger partial charge in [-0.25, -0.2) is 4.98 Å². The molecule has 1 aromatic heterocycles. The van der Waals surface area contributed by atoms with Gasteiger partial charge < -0.3 is 9.84 Å². The average molecular weight is 307 g/mol. The van der Waals surface area contributed by atoms with Gasteiger partial charge in [-0.15, -0.1) is 0 Å². The number of pyridine rings is 1. The van der Waals surface area contributed by atoms with Crippen LogP contribution in [0.3, 0.4) is 0 Å². The third-order valence-electron chi connectivity index (χ3n) is 1.52. The van der Waals surface area contributed by atoms with Gasteiger partial charge in [-0.2, -0.15) is 0 Å². The first-order chi connectivity index (χ1) is 6.63.